The SMILES string of the molecule is CC(C)CC/C=C\C=C\C(=O)N[C@H](C(=O)N[C@@H]1C(=O)N[C@H](C(C)C)C(=O)N[C@@H](CCCCN)C(=O)N[C@@H](C(O)C(=O)O)C(=O)N[C@@H](CC(=O)O)C(=O)NCC(=O)N[C@H](C(C)C(=O)O)C(=O)N[C@@H](C(C)CO)C(=O)N2C[C@H](C)C[C@H]2C(=O)NC1C)C(C)C(=O)O. The second-order valence-electron chi connectivity index (χ2n) is 23.0. The highest BCUT2D eigenvalue weighted by Crippen LogP contribution is 2.26. The Bertz CT molecular complexity index is 2650. The van der Waals surface area contributed by atoms with Gasteiger partial charge in [0.05, 0.1) is 30.8 Å². The van der Waals surface area contributed by atoms with Gasteiger partial charge in [-0.1, -0.05) is 59.8 Å². The number of nitrogens with one attached hydrogen (secondary N) is 10. The summed E-state index contributed by atoms with van der Waals surface area (Å²) in [7, 11) is 0. The van der Waals surface area contributed by atoms with Crippen molar-refractivity contribution in [3.05, 3.63) is 24.3 Å². The van der Waals surface area contributed by atoms with E-state index in [1.54, 1.807) is 19.1 Å². The Morgan fingerprint density at radius 1 is 0.674 bits per heavy atom. The van der Waals surface area contributed by atoms with E-state index in [4.69, 9.17) is 5.73 Å². The number of fused-ring (bicyclic) bond motifs is 1. The standard InChI is InChI=1S/C56H88N12O21/c1-25(2)16-12-10-11-13-18-35(70)62-40(29(7)54(84)85)50(80)66-42-31(9)59-47(77)34-20-27(5)23-68(34)53(83)39(28(6)24-69)65-49(79)41(30(8)55(86)87)63-36(71)22-58-45(75)33(21-37(72)73)61-52(82)43(44(74)56(88)89)67-46(76)32(17-14-15-19-57)60-48(78)38(26(3)4)64-51(42)81/h10-11,13,18,25-34,38-44,69,74H,12,14-17,19-24,57H2,1-9H3,(H,58,75)(H,59,77)(H,60,78)(H,61,82)(H,62,70)(H,63,71)(H,64,81)(H,65,79)(H,66,80)(H,67,76)(H,72,73)(H,84,85)(H,86,87)(H,88,89)/b11-10-,18-13+/t27-,28?,29?,30?,31?,32+,33+,34+,38-,39+,40+,41-,42+,43+,44?/m1/s1. The lowest BCUT2D eigenvalue weighted by molar-refractivity contribution is -0.153. The molecule has 2 heterocycles. The lowest BCUT2D eigenvalue weighted by Gasteiger charge is -2.34. The van der Waals surface area contributed by atoms with Gasteiger partial charge in [0.25, 0.3) is 0 Å². The number of carbonyl (C=O) groups is 15. The first-order valence-electron chi connectivity index (χ1n) is 29.1. The molecule has 0 saturated carbocycles. The number of hydrogen-bond donors (Lipinski definition) is 17. The molecule has 0 aromatic rings. The number of nitrogens with two attached hydrogens (primary N) is 1. The van der Waals surface area contributed by atoms with Crippen LogP contribution in [0.5, 0.6) is 0 Å². The van der Waals surface area contributed by atoms with Gasteiger partial charge in [0.1, 0.15) is 54.4 Å². The zero-order valence-corrected chi connectivity index (χ0v) is 51.2. The second-order valence-corrected chi connectivity index (χ2v) is 23.0. The molecule has 33 nitrogen and oxygen atoms in total. The van der Waals surface area contributed by atoms with Crippen molar-refractivity contribution in [1.29, 1.82) is 0 Å². The number of aliphatic hydroxyl groups is 2. The number of carboxylic acids is 4. The van der Waals surface area contributed by atoms with Crippen LogP contribution in [0.25, 0.3) is 0 Å². The van der Waals surface area contributed by atoms with Gasteiger partial charge < -0.3 is 94.4 Å². The molecule has 15 atom stereocenters. The van der Waals surface area contributed by atoms with Crippen molar-refractivity contribution in [3.63, 3.8) is 0 Å². The number of hydrogen-bond acceptors (Lipinski definition) is 18. The highest BCUT2D eigenvalue weighted by molar-refractivity contribution is 6.02. The van der Waals surface area contributed by atoms with Crippen LogP contribution in [0.15, 0.2) is 24.3 Å². The van der Waals surface area contributed by atoms with Crippen LogP contribution in [0.2, 0.25) is 0 Å². The summed E-state index contributed by atoms with van der Waals surface area (Å²) in [5.74, 6) is -26.8. The van der Waals surface area contributed by atoms with Crippen LogP contribution < -0.4 is 58.9 Å². The number of rotatable bonds is 23. The van der Waals surface area contributed by atoms with Gasteiger partial charge in [-0.3, -0.25) is 67.1 Å². The van der Waals surface area contributed by atoms with Gasteiger partial charge >= 0.3 is 23.9 Å². The Labute approximate surface area is 513 Å². The zero-order valence-electron chi connectivity index (χ0n) is 51.2. The first kappa shape index (κ1) is 76.5. The molecule has 0 aliphatic carbocycles. The molecule has 5 unspecified atom stereocenters. The molecule has 2 aliphatic rings. The fourth-order valence-electron chi connectivity index (χ4n) is 9.29. The molecule has 0 aromatic carbocycles. The molecule has 2 aliphatic heterocycles. The van der Waals surface area contributed by atoms with Crippen LogP contribution in [0, 0.1) is 35.5 Å². The summed E-state index contributed by atoms with van der Waals surface area (Å²) < 4.78 is 0. The van der Waals surface area contributed by atoms with Crippen molar-refractivity contribution in [2.75, 3.05) is 26.2 Å². The largest absolute Gasteiger partial charge is 0.481 e. The van der Waals surface area contributed by atoms with Gasteiger partial charge in [-0.2, -0.15) is 0 Å². The quantitative estimate of drug-likeness (QED) is 0.0259. The molecule has 2 rings (SSSR count). The Balaban J connectivity index is 2.99. The van der Waals surface area contributed by atoms with Gasteiger partial charge in [0.15, 0.2) is 6.10 Å². The predicted octanol–water partition coefficient (Wildman–Crippen LogP) is -4.94. The summed E-state index contributed by atoms with van der Waals surface area (Å²) >= 11 is 0. The van der Waals surface area contributed by atoms with E-state index in [9.17, 15) is 103 Å². The molecule has 11 amide bonds. The van der Waals surface area contributed by atoms with Crippen molar-refractivity contribution in [3.8, 4) is 0 Å². The molecular formula is C56H88N12O21. The van der Waals surface area contributed by atoms with Crippen LogP contribution in [-0.4, -0.2) is 217 Å². The number of aliphatic hydroxyl groups excluding tert-OH is 2. The Hall–Kier alpha value is -8.59. The van der Waals surface area contributed by atoms with Crippen molar-refractivity contribution >= 4 is 88.9 Å². The van der Waals surface area contributed by atoms with E-state index in [0.29, 0.717) is 12.3 Å². The molecule has 0 bridgehead atoms. The van der Waals surface area contributed by atoms with E-state index in [0.717, 1.165) is 31.2 Å². The fourth-order valence-corrected chi connectivity index (χ4v) is 9.29. The molecule has 89 heavy (non-hydrogen) atoms. The van der Waals surface area contributed by atoms with Crippen LogP contribution >= 0.6 is 0 Å². The number of carboxylic acid groups (broad SMARTS) is 4. The molecule has 0 spiro atoms. The molecule has 0 aromatic heterocycles. The number of unbranched alkanes of at least 4 members (excludes halogenated alkanes) is 1. The molecule has 0 radical (unpaired) electrons. The van der Waals surface area contributed by atoms with Gasteiger partial charge in [0.2, 0.25) is 65.0 Å². The van der Waals surface area contributed by atoms with E-state index in [2.05, 4.69) is 37.2 Å². The molecule has 2 fully saturated rings. The van der Waals surface area contributed by atoms with Gasteiger partial charge in [-0.15, -0.1) is 0 Å². The van der Waals surface area contributed by atoms with E-state index in [-0.39, 0.29) is 38.8 Å². The lowest BCUT2D eigenvalue weighted by atomic mass is 9.97. The number of aliphatic carboxylic acids is 4. The summed E-state index contributed by atoms with van der Waals surface area (Å²) in [4.78, 5) is 205. The summed E-state index contributed by atoms with van der Waals surface area (Å²) in [5.41, 5.74) is 5.69. The predicted molar refractivity (Wildman–Crippen MR) is 311 cm³/mol. The topological polar surface area (TPSA) is 527 Å². The third kappa shape index (κ3) is 24.1. The summed E-state index contributed by atoms with van der Waals surface area (Å²) in [5, 5.41) is 83.2. The van der Waals surface area contributed by atoms with Crippen molar-refractivity contribution in [2.45, 2.75) is 174 Å². The summed E-state index contributed by atoms with van der Waals surface area (Å²) in [6.07, 6.45) is 2.90. The number of carbonyl (C=O) groups excluding carboxylic acids is 11. The highest BCUT2D eigenvalue weighted by atomic mass is 16.4. The van der Waals surface area contributed by atoms with E-state index < -0.39 is 205 Å². The molecular weight excluding hydrogens is 1180 g/mol. The van der Waals surface area contributed by atoms with Gasteiger partial charge in [-0.05, 0) is 83.6 Å². The molecule has 498 valence electrons. The third-order valence-electron chi connectivity index (χ3n) is 14.7. The maximum Gasteiger partial charge on any atom is 0.335 e. The monoisotopic (exact) mass is 1260 g/mol. The number of amides is 11. The summed E-state index contributed by atoms with van der Waals surface area (Å²) in [6, 6.07) is -19.2. The minimum absolute atomic E-state index is 0.0452. The van der Waals surface area contributed by atoms with E-state index in [1.165, 1.54) is 33.8 Å². The van der Waals surface area contributed by atoms with Crippen molar-refractivity contribution < 1.29 is 103 Å². The van der Waals surface area contributed by atoms with Gasteiger partial charge in [-0.25, -0.2) is 4.79 Å². The van der Waals surface area contributed by atoms with E-state index >= 15 is 0 Å². The Morgan fingerprint density at radius 2 is 1.27 bits per heavy atom. The number of allylic oxidation sites excluding steroid dienone is 3. The highest BCUT2D eigenvalue weighted by Gasteiger charge is 2.46. The third-order valence-corrected chi connectivity index (χ3v) is 14.7. The first-order valence-corrected chi connectivity index (χ1v) is 29.1. The Morgan fingerprint density at radius 3 is 1.83 bits per heavy atom. The zero-order chi connectivity index (χ0) is 67.7. The molecule has 33 heteroatoms. The van der Waals surface area contributed by atoms with Crippen molar-refractivity contribution in [1.82, 2.24) is 58.1 Å². The number of nitrogens with zero attached hydrogens (tertiary/aromatic N) is 1. The lowest BCUT2D eigenvalue weighted by Crippen LogP contribution is -2.65. The average molecular weight is 1270 g/mol. The average Bonchev–Trinajstić information content (AvgIpc) is 1.94. The molecule has 18 N–H and O–H groups in total. The minimum Gasteiger partial charge on any atom is -0.481 e. The van der Waals surface area contributed by atoms with Crippen LogP contribution in [0.4, 0.5) is 0 Å². The maximum atomic E-state index is 14.8. The van der Waals surface area contributed by atoms with Crippen molar-refractivity contribution in [2.24, 2.45) is 41.2 Å². The van der Waals surface area contributed by atoms with Crippen LogP contribution in [0.3, 0.4) is 0 Å². The smallest absolute Gasteiger partial charge is 0.335 e. The first-order chi connectivity index (χ1) is 41.6. The Kier molecular flexibility index (Phi) is 31.5. The fraction of sp³-hybridized carbons (Fsp3) is 0.661. The van der Waals surface area contributed by atoms with Crippen LogP contribution in [0.1, 0.15) is 107 Å². The summed E-state index contributed by atoms with van der Waals surface area (Å²) in [6.45, 7) is 11.0. The minimum atomic E-state index is -2.85. The molecule has 2 saturated heterocycles. The van der Waals surface area contributed by atoms with E-state index in [1.807, 2.05) is 29.8 Å². The van der Waals surface area contributed by atoms with Crippen LogP contribution in [-0.2, 0) is 71.9 Å². The maximum absolute atomic E-state index is 14.8. The van der Waals surface area contributed by atoms with Gasteiger partial charge in [0, 0.05) is 25.1 Å². The second kappa shape index (κ2) is 36.7. The normalized spacial score (nSPS) is 26.1.